The van der Waals surface area contributed by atoms with Gasteiger partial charge in [0.25, 0.3) is 11.8 Å². The molecular formula is C32H35N3O6. The molecule has 1 aliphatic rings. The highest BCUT2D eigenvalue weighted by Gasteiger charge is 2.38. The normalized spacial score (nSPS) is 13.2. The van der Waals surface area contributed by atoms with Gasteiger partial charge in [0.2, 0.25) is 0 Å². The smallest absolute Gasteiger partial charge is 0.326 e. The SMILES string of the molecule is CC(C)CCN(C(=O)NCc1ccccc1)[C@H](CCN1C(=O)c2ccc(OCc3ccccc3)cc2C1=O)C(=O)O. The van der Waals surface area contributed by atoms with Gasteiger partial charge >= 0.3 is 12.0 Å². The number of carbonyl (C=O) groups is 4. The fourth-order valence-electron chi connectivity index (χ4n) is 4.64. The minimum atomic E-state index is -1.22. The van der Waals surface area contributed by atoms with Gasteiger partial charge in [0.15, 0.2) is 0 Å². The van der Waals surface area contributed by atoms with Gasteiger partial charge in [-0.3, -0.25) is 14.5 Å². The molecule has 0 saturated carbocycles. The molecule has 4 amide bonds. The van der Waals surface area contributed by atoms with Gasteiger partial charge in [-0.2, -0.15) is 0 Å². The highest BCUT2D eigenvalue weighted by Crippen LogP contribution is 2.28. The lowest BCUT2D eigenvalue weighted by Crippen LogP contribution is -2.51. The third-order valence-corrected chi connectivity index (χ3v) is 6.97. The fourth-order valence-corrected chi connectivity index (χ4v) is 4.64. The van der Waals surface area contributed by atoms with Crippen LogP contribution in [0.4, 0.5) is 4.79 Å². The molecule has 2 N–H and O–H groups in total. The maximum absolute atomic E-state index is 13.2. The Bertz CT molecular complexity index is 1380. The Kier molecular flexibility index (Phi) is 9.73. The van der Waals surface area contributed by atoms with Crippen molar-refractivity contribution in [2.24, 2.45) is 5.92 Å². The van der Waals surface area contributed by atoms with Crippen molar-refractivity contribution in [2.75, 3.05) is 13.1 Å². The van der Waals surface area contributed by atoms with E-state index in [2.05, 4.69) is 5.32 Å². The predicted molar refractivity (Wildman–Crippen MR) is 153 cm³/mol. The maximum Gasteiger partial charge on any atom is 0.326 e. The summed E-state index contributed by atoms with van der Waals surface area (Å²) in [4.78, 5) is 54.1. The van der Waals surface area contributed by atoms with Crippen LogP contribution >= 0.6 is 0 Å². The first kappa shape index (κ1) is 29.3. The van der Waals surface area contributed by atoms with Crippen molar-refractivity contribution in [3.8, 4) is 5.75 Å². The Labute approximate surface area is 239 Å². The number of carbonyl (C=O) groups excluding carboxylic acids is 3. The van der Waals surface area contributed by atoms with Gasteiger partial charge in [-0.1, -0.05) is 74.5 Å². The molecule has 214 valence electrons. The van der Waals surface area contributed by atoms with Crippen molar-refractivity contribution in [3.05, 3.63) is 101 Å². The number of urea groups is 1. The number of carboxylic acid groups (broad SMARTS) is 1. The summed E-state index contributed by atoms with van der Waals surface area (Å²) in [5.41, 5.74) is 2.30. The molecule has 9 nitrogen and oxygen atoms in total. The third-order valence-electron chi connectivity index (χ3n) is 6.97. The highest BCUT2D eigenvalue weighted by atomic mass is 16.5. The van der Waals surface area contributed by atoms with E-state index in [1.807, 2.05) is 74.5 Å². The Balaban J connectivity index is 1.43. The van der Waals surface area contributed by atoms with Gasteiger partial charge in [0.05, 0.1) is 11.1 Å². The summed E-state index contributed by atoms with van der Waals surface area (Å²) in [6, 6.07) is 21.9. The molecule has 0 bridgehead atoms. The average Bonchev–Trinajstić information content (AvgIpc) is 3.21. The lowest BCUT2D eigenvalue weighted by molar-refractivity contribution is -0.142. The quantitative estimate of drug-likeness (QED) is 0.287. The van der Waals surface area contributed by atoms with E-state index in [9.17, 15) is 24.3 Å². The van der Waals surface area contributed by atoms with Crippen LogP contribution in [0.5, 0.6) is 5.75 Å². The summed E-state index contributed by atoms with van der Waals surface area (Å²) < 4.78 is 5.81. The van der Waals surface area contributed by atoms with Crippen LogP contribution in [-0.4, -0.2) is 57.9 Å². The summed E-state index contributed by atoms with van der Waals surface area (Å²) in [7, 11) is 0. The van der Waals surface area contributed by atoms with Gasteiger partial charge in [0, 0.05) is 19.6 Å². The highest BCUT2D eigenvalue weighted by molar-refractivity contribution is 6.21. The number of amides is 4. The van der Waals surface area contributed by atoms with Crippen molar-refractivity contribution in [3.63, 3.8) is 0 Å². The van der Waals surface area contributed by atoms with Crippen molar-refractivity contribution >= 4 is 23.8 Å². The second-order valence-corrected chi connectivity index (χ2v) is 10.4. The first-order valence-corrected chi connectivity index (χ1v) is 13.7. The number of imide groups is 1. The number of rotatable bonds is 13. The molecule has 0 spiro atoms. The molecule has 0 saturated heterocycles. The van der Waals surface area contributed by atoms with Crippen LogP contribution in [-0.2, 0) is 17.9 Å². The second kappa shape index (κ2) is 13.6. The minimum Gasteiger partial charge on any atom is -0.489 e. The molecule has 0 fully saturated rings. The largest absolute Gasteiger partial charge is 0.489 e. The number of aliphatic carboxylic acids is 1. The molecule has 1 heterocycles. The molecule has 1 aliphatic heterocycles. The lowest BCUT2D eigenvalue weighted by Gasteiger charge is -2.30. The van der Waals surface area contributed by atoms with Gasteiger partial charge in [0.1, 0.15) is 18.4 Å². The Morgan fingerprint density at radius 2 is 1.51 bits per heavy atom. The number of benzene rings is 3. The Morgan fingerprint density at radius 3 is 2.15 bits per heavy atom. The van der Waals surface area contributed by atoms with Crippen LogP contribution < -0.4 is 10.1 Å². The summed E-state index contributed by atoms with van der Waals surface area (Å²) in [5, 5.41) is 12.9. The van der Waals surface area contributed by atoms with Crippen molar-refractivity contribution < 1.29 is 29.0 Å². The molecule has 0 aromatic heterocycles. The predicted octanol–water partition coefficient (Wildman–Crippen LogP) is 4.96. The average molecular weight is 558 g/mol. The van der Waals surface area contributed by atoms with E-state index in [-0.39, 0.29) is 43.1 Å². The van der Waals surface area contributed by atoms with E-state index in [1.165, 1.54) is 4.90 Å². The van der Waals surface area contributed by atoms with Gasteiger partial charge in [-0.05, 0) is 48.1 Å². The summed E-state index contributed by atoms with van der Waals surface area (Å²) in [6.45, 7) is 4.62. The van der Waals surface area contributed by atoms with E-state index >= 15 is 0 Å². The van der Waals surface area contributed by atoms with Crippen LogP contribution in [0.3, 0.4) is 0 Å². The molecule has 9 heteroatoms. The van der Waals surface area contributed by atoms with E-state index in [1.54, 1.807) is 18.2 Å². The van der Waals surface area contributed by atoms with Crippen LogP contribution in [0.25, 0.3) is 0 Å². The summed E-state index contributed by atoms with van der Waals surface area (Å²) >= 11 is 0. The van der Waals surface area contributed by atoms with Crippen molar-refractivity contribution in [2.45, 2.75) is 45.9 Å². The molecule has 1 atom stereocenters. The molecule has 3 aromatic rings. The van der Waals surface area contributed by atoms with Gasteiger partial charge in [-0.25, -0.2) is 9.59 Å². The lowest BCUT2D eigenvalue weighted by atomic mass is 10.1. The molecule has 0 aliphatic carbocycles. The monoisotopic (exact) mass is 557 g/mol. The molecule has 0 radical (unpaired) electrons. The van der Waals surface area contributed by atoms with E-state index in [4.69, 9.17) is 4.74 Å². The number of fused-ring (bicyclic) bond motifs is 1. The van der Waals surface area contributed by atoms with Crippen LogP contribution in [0, 0.1) is 5.92 Å². The second-order valence-electron chi connectivity index (χ2n) is 10.4. The first-order chi connectivity index (χ1) is 19.7. The Morgan fingerprint density at radius 1 is 0.878 bits per heavy atom. The standard InChI is InChI=1S/C32H35N3O6/c1-22(2)15-17-34(32(40)33-20-23-9-5-3-6-10-23)28(31(38)39)16-18-35-29(36)26-14-13-25(19-27(26)30(35)37)41-21-24-11-7-4-8-12-24/h3-14,19,22,28H,15-18,20-21H2,1-2H3,(H,33,40)(H,38,39)/t28-/m1/s1. The van der Waals surface area contributed by atoms with Crippen LogP contribution in [0.15, 0.2) is 78.9 Å². The minimum absolute atomic E-state index is 0.102. The number of hydrogen-bond donors (Lipinski definition) is 2. The summed E-state index contributed by atoms with van der Waals surface area (Å²) in [6.07, 6.45) is 0.496. The zero-order valence-corrected chi connectivity index (χ0v) is 23.3. The molecule has 4 rings (SSSR count). The topological polar surface area (TPSA) is 116 Å². The summed E-state index contributed by atoms with van der Waals surface area (Å²) in [5.74, 6) is -1.51. The van der Waals surface area contributed by atoms with Crippen LogP contribution in [0.2, 0.25) is 0 Å². The molecule has 0 unspecified atom stereocenters. The number of nitrogens with one attached hydrogen (secondary N) is 1. The van der Waals surface area contributed by atoms with Crippen molar-refractivity contribution in [1.82, 2.24) is 15.1 Å². The fraction of sp³-hybridized carbons (Fsp3) is 0.312. The number of carboxylic acids is 1. The first-order valence-electron chi connectivity index (χ1n) is 13.7. The molecular weight excluding hydrogens is 522 g/mol. The van der Waals surface area contributed by atoms with Gasteiger partial charge < -0.3 is 20.1 Å². The number of hydrogen-bond acceptors (Lipinski definition) is 5. The zero-order valence-electron chi connectivity index (χ0n) is 23.3. The molecule has 3 aromatic carbocycles. The number of nitrogens with zero attached hydrogens (tertiary/aromatic N) is 2. The van der Waals surface area contributed by atoms with Crippen molar-refractivity contribution in [1.29, 1.82) is 0 Å². The van der Waals surface area contributed by atoms with E-state index in [0.717, 1.165) is 16.0 Å². The Hall–Kier alpha value is -4.66. The zero-order chi connectivity index (χ0) is 29.4. The number of ether oxygens (including phenoxy) is 1. The molecule has 41 heavy (non-hydrogen) atoms. The maximum atomic E-state index is 13.2. The van der Waals surface area contributed by atoms with Gasteiger partial charge in [-0.15, -0.1) is 0 Å². The van der Waals surface area contributed by atoms with Crippen LogP contribution in [0.1, 0.15) is 58.5 Å². The van der Waals surface area contributed by atoms with E-state index < -0.39 is 29.9 Å². The van der Waals surface area contributed by atoms with E-state index in [0.29, 0.717) is 18.8 Å². The third kappa shape index (κ3) is 7.51.